The van der Waals surface area contributed by atoms with Gasteiger partial charge in [0.15, 0.2) is 29.6 Å². The Bertz CT molecular complexity index is 1800. The number of rotatable bonds is 5. The molecule has 0 bridgehead atoms. The second-order valence-corrected chi connectivity index (χ2v) is 11.1. The van der Waals surface area contributed by atoms with Crippen molar-refractivity contribution in [2.75, 3.05) is 6.61 Å². The van der Waals surface area contributed by atoms with Crippen LogP contribution in [0.15, 0.2) is 73.2 Å². The van der Waals surface area contributed by atoms with Gasteiger partial charge < -0.3 is 19.3 Å². The van der Waals surface area contributed by atoms with Crippen molar-refractivity contribution in [2.24, 2.45) is 0 Å². The molecule has 1 N–H and O–H groups in total. The molecule has 44 heavy (non-hydrogen) atoms. The predicted molar refractivity (Wildman–Crippen MR) is 149 cm³/mol. The van der Waals surface area contributed by atoms with E-state index in [2.05, 4.69) is 20.5 Å². The predicted octanol–water partition coefficient (Wildman–Crippen LogP) is 5.41. The van der Waals surface area contributed by atoms with Crippen molar-refractivity contribution in [1.29, 1.82) is 0 Å². The molecule has 0 amide bonds. The van der Waals surface area contributed by atoms with E-state index in [0.717, 1.165) is 17.7 Å². The number of aromatic nitrogens is 6. The summed E-state index contributed by atoms with van der Waals surface area (Å²) in [6.07, 6.45) is -1.93. The number of hydrogen-bond donors (Lipinski definition) is 1. The Kier molecular flexibility index (Phi) is 7.60. The van der Waals surface area contributed by atoms with Gasteiger partial charge in [0.1, 0.15) is 42.5 Å². The lowest BCUT2D eigenvalue weighted by Crippen LogP contribution is -2.57. The summed E-state index contributed by atoms with van der Waals surface area (Å²) < 4.78 is 63.3. The Morgan fingerprint density at radius 1 is 0.909 bits per heavy atom. The molecule has 4 heterocycles. The van der Waals surface area contributed by atoms with Crippen molar-refractivity contribution >= 4 is 23.2 Å². The summed E-state index contributed by atoms with van der Waals surface area (Å²) in [4.78, 5) is 0. The van der Waals surface area contributed by atoms with Gasteiger partial charge in [-0.05, 0) is 30.3 Å². The molecule has 0 spiro atoms. The van der Waals surface area contributed by atoms with Gasteiger partial charge in [-0.25, -0.2) is 17.9 Å². The number of fused-ring (bicyclic) bond motifs is 1. The van der Waals surface area contributed by atoms with Crippen molar-refractivity contribution in [1.82, 2.24) is 29.8 Å². The quantitative estimate of drug-likeness (QED) is 0.253. The summed E-state index contributed by atoms with van der Waals surface area (Å²) in [5, 5.41) is 29.0. The molecule has 2 aromatic heterocycles. The number of aliphatic hydroxyl groups excluding tert-OH is 1. The van der Waals surface area contributed by atoms with Gasteiger partial charge in [-0.15, -0.1) is 15.3 Å². The minimum Gasteiger partial charge on any atom is -0.388 e. The van der Waals surface area contributed by atoms with Crippen molar-refractivity contribution in [2.45, 2.75) is 36.7 Å². The van der Waals surface area contributed by atoms with E-state index in [1.54, 1.807) is 22.8 Å². The van der Waals surface area contributed by atoms with Gasteiger partial charge in [-0.2, -0.15) is 0 Å². The first-order chi connectivity index (χ1) is 21.3. The van der Waals surface area contributed by atoms with Crippen molar-refractivity contribution < 1.29 is 32.5 Å². The zero-order valence-corrected chi connectivity index (χ0v) is 23.9. The summed E-state index contributed by atoms with van der Waals surface area (Å²) in [6.45, 7) is 0.0841. The van der Waals surface area contributed by atoms with Gasteiger partial charge in [-0.3, -0.25) is 4.57 Å². The van der Waals surface area contributed by atoms with E-state index in [0.29, 0.717) is 15.7 Å². The van der Waals surface area contributed by atoms with E-state index in [1.165, 1.54) is 17.2 Å². The average Bonchev–Trinajstić information content (AvgIpc) is 3.72. The number of aliphatic hydroxyl groups is 1. The highest BCUT2D eigenvalue weighted by molar-refractivity contribution is 6.42. The first-order valence-corrected chi connectivity index (χ1v) is 14.1. The van der Waals surface area contributed by atoms with Gasteiger partial charge in [-0.1, -0.05) is 58.7 Å². The Labute approximate surface area is 257 Å². The van der Waals surface area contributed by atoms with E-state index >= 15 is 0 Å². The van der Waals surface area contributed by atoms with Gasteiger partial charge in [0.2, 0.25) is 0 Å². The highest BCUT2D eigenvalue weighted by Crippen LogP contribution is 2.44. The van der Waals surface area contributed by atoms with Crippen LogP contribution in [0.2, 0.25) is 10.0 Å². The van der Waals surface area contributed by atoms with Crippen LogP contribution < -0.4 is 0 Å². The van der Waals surface area contributed by atoms with Crippen molar-refractivity contribution in [3.8, 4) is 16.9 Å². The molecule has 10 nitrogen and oxygen atoms in total. The lowest BCUT2D eigenvalue weighted by molar-refractivity contribution is -0.319. The number of benzene rings is 3. The van der Waals surface area contributed by atoms with Crippen LogP contribution in [0.25, 0.3) is 16.9 Å². The van der Waals surface area contributed by atoms with Crippen LogP contribution in [0.5, 0.6) is 0 Å². The van der Waals surface area contributed by atoms with Crippen LogP contribution in [0.3, 0.4) is 0 Å². The van der Waals surface area contributed by atoms with E-state index < -0.39 is 54.2 Å². The van der Waals surface area contributed by atoms with Gasteiger partial charge in [0.05, 0.1) is 22.8 Å². The first kappa shape index (κ1) is 28.9. The van der Waals surface area contributed by atoms with Crippen LogP contribution in [0, 0.1) is 17.5 Å². The third kappa shape index (κ3) is 5.15. The summed E-state index contributed by atoms with van der Waals surface area (Å²) in [6, 6.07) is 14.8. The fraction of sp³-hybridized carbons (Fsp3) is 0.241. The van der Waals surface area contributed by atoms with Crippen molar-refractivity contribution in [3.05, 3.63) is 112 Å². The molecule has 226 valence electrons. The molecule has 0 radical (unpaired) electrons. The fourth-order valence-electron chi connectivity index (χ4n) is 5.44. The zero-order chi connectivity index (χ0) is 30.5. The first-order valence-electron chi connectivity index (χ1n) is 13.4. The Hall–Kier alpha value is -3.85. The molecular formula is C29H21Cl2F3N6O4. The molecule has 5 aromatic rings. The highest BCUT2D eigenvalue weighted by atomic mass is 35.5. The fourth-order valence-corrected chi connectivity index (χ4v) is 5.73. The maximum absolute atomic E-state index is 14.0. The minimum absolute atomic E-state index is 0.0419. The van der Waals surface area contributed by atoms with Crippen LogP contribution >= 0.6 is 23.2 Å². The monoisotopic (exact) mass is 644 g/mol. The largest absolute Gasteiger partial charge is 0.388 e. The maximum Gasteiger partial charge on any atom is 0.194 e. The molecule has 3 aromatic carbocycles. The Balaban J connectivity index is 1.28. The lowest BCUT2D eigenvalue weighted by atomic mass is 9.91. The number of ether oxygens (including phenoxy) is 3. The number of halogens is 5. The third-order valence-corrected chi connectivity index (χ3v) is 8.29. The van der Waals surface area contributed by atoms with E-state index in [1.807, 2.05) is 30.3 Å². The Morgan fingerprint density at radius 3 is 2.43 bits per heavy atom. The molecule has 2 aliphatic heterocycles. The topological polar surface area (TPSA) is 109 Å². The third-order valence-electron chi connectivity index (χ3n) is 7.55. The van der Waals surface area contributed by atoms with E-state index in [4.69, 9.17) is 37.4 Å². The van der Waals surface area contributed by atoms with E-state index in [-0.39, 0.29) is 23.7 Å². The molecule has 15 heteroatoms. The molecular weight excluding hydrogens is 624 g/mol. The highest BCUT2D eigenvalue weighted by Gasteiger charge is 2.52. The molecule has 2 aliphatic rings. The normalized spacial score (nSPS) is 25.1. The summed E-state index contributed by atoms with van der Waals surface area (Å²) >= 11 is 12.4. The molecule has 7 rings (SSSR count). The van der Waals surface area contributed by atoms with Crippen LogP contribution in [0.1, 0.15) is 29.8 Å². The molecule has 6 atom stereocenters. The standard InChI is InChI=1S/C29H21Cl2F3N6O4/c30-17-7-6-16(10-18(17)31)39-13-35-37-28(39)27-25(41)24(26-22(43-27)12-42-29(44-26)14-4-2-1-3-5-14)40-11-21(36-38-40)15-8-19(32)23(34)20(33)9-15/h1-11,13,22,24-27,29,41H,12H2/t22-,24-,25-,26+,27-,29?/m1/s1. The zero-order valence-electron chi connectivity index (χ0n) is 22.3. The van der Waals surface area contributed by atoms with E-state index in [9.17, 15) is 18.3 Å². The van der Waals surface area contributed by atoms with Crippen LogP contribution in [-0.2, 0) is 14.2 Å². The summed E-state index contributed by atoms with van der Waals surface area (Å²) in [7, 11) is 0. The number of hydrogen-bond acceptors (Lipinski definition) is 8. The maximum atomic E-state index is 14.0. The molecule has 1 unspecified atom stereocenters. The van der Waals surface area contributed by atoms with Gasteiger partial charge in [0, 0.05) is 16.8 Å². The second kappa shape index (κ2) is 11.6. The van der Waals surface area contributed by atoms with Gasteiger partial charge >= 0.3 is 0 Å². The SMILES string of the molecule is O[C@@H]1[C@@H](n2cc(-c3cc(F)c(F)c(F)c3)nn2)[C@H]2OC(c3ccccc3)OC[C@H]2O[C@H]1c1nncn1-c1ccc(Cl)c(Cl)c1. The van der Waals surface area contributed by atoms with Crippen molar-refractivity contribution in [3.63, 3.8) is 0 Å². The molecule has 0 saturated carbocycles. The Morgan fingerprint density at radius 2 is 1.68 bits per heavy atom. The number of nitrogens with zero attached hydrogens (tertiary/aromatic N) is 6. The van der Waals surface area contributed by atoms with Gasteiger partial charge in [0.25, 0.3) is 0 Å². The molecule has 2 fully saturated rings. The second-order valence-electron chi connectivity index (χ2n) is 10.2. The van der Waals surface area contributed by atoms with Crippen LogP contribution in [0.4, 0.5) is 13.2 Å². The average molecular weight is 645 g/mol. The van der Waals surface area contributed by atoms with Crippen LogP contribution in [-0.4, -0.2) is 59.8 Å². The summed E-state index contributed by atoms with van der Waals surface area (Å²) in [5.74, 6) is -4.10. The molecule has 0 aliphatic carbocycles. The smallest absolute Gasteiger partial charge is 0.194 e. The summed E-state index contributed by atoms with van der Waals surface area (Å²) in [5.41, 5.74) is 1.31. The molecule has 2 saturated heterocycles. The lowest BCUT2D eigenvalue weighted by Gasteiger charge is -2.47. The minimum atomic E-state index is -1.60.